The largest absolute Gasteiger partial charge is 0.491 e. The van der Waals surface area contributed by atoms with Gasteiger partial charge in [-0.15, -0.1) is 12.1 Å². The van der Waals surface area contributed by atoms with Crippen LogP contribution in [0.15, 0.2) is 35.0 Å². The van der Waals surface area contributed by atoms with E-state index < -0.39 is 0 Å². The molecule has 0 atom stereocenters. The third kappa shape index (κ3) is 1.24. The molecular formula is C10H5IrN2O-. The van der Waals surface area contributed by atoms with Crippen molar-refractivity contribution < 1.29 is 24.5 Å². The smallest absolute Gasteiger partial charge is 0.133 e. The molecule has 0 aromatic carbocycles. The molecule has 0 spiro atoms. The van der Waals surface area contributed by atoms with Gasteiger partial charge in [-0.25, -0.2) is 0 Å². The van der Waals surface area contributed by atoms with Crippen LogP contribution < -0.4 is 0 Å². The second-order valence-electron chi connectivity index (χ2n) is 2.72. The average Bonchev–Trinajstić information content (AvgIpc) is 2.56. The number of pyridine rings is 2. The Bertz CT molecular complexity index is 526. The van der Waals surface area contributed by atoms with Crippen molar-refractivity contribution in [1.82, 2.24) is 9.97 Å². The summed E-state index contributed by atoms with van der Waals surface area (Å²) in [7, 11) is 0. The van der Waals surface area contributed by atoms with Crippen molar-refractivity contribution in [1.29, 1.82) is 0 Å². The van der Waals surface area contributed by atoms with Gasteiger partial charge in [0.15, 0.2) is 0 Å². The number of nitrogens with zero attached hydrogens (tertiary/aromatic N) is 2. The Morgan fingerprint density at radius 2 is 2.14 bits per heavy atom. The Hall–Kier alpha value is -1.25. The minimum Gasteiger partial charge on any atom is -0.491 e. The van der Waals surface area contributed by atoms with Crippen molar-refractivity contribution in [2.24, 2.45) is 0 Å². The number of hydrogen-bond acceptors (Lipinski definition) is 3. The van der Waals surface area contributed by atoms with E-state index >= 15 is 0 Å². The normalized spacial score (nSPS) is 10.3. The van der Waals surface area contributed by atoms with Gasteiger partial charge < -0.3 is 14.4 Å². The molecule has 0 amide bonds. The molecule has 0 bridgehead atoms. The molecule has 3 rings (SSSR count). The van der Waals surface area contributed by atoms with E-state index in [1.807, 2.05) is 12.1 Å². The maximum Gasteiger partial charge on any atom is 0.133 e. The van der Waals surface area contributed by atoms with Crippen LogP contribution in [0, 0.1) is 6.07 Å². The monoisotopic (exact) mass is 362 g/mol. The van der Waals surface area contributed by atoms with Crippen LogP contribution in [-0.4, -0.2) is 9.97 Å². The van der Waals surface area contributed by atoms with Crippen LogP contribution in [0.3, 0.4) is 0 Å². The van der Waals surface area contributed by atoms with Crippen molar-refractivity contribution >= 4 is 22.2 Å². The van der Waals surface area contributed by atoms with Crippen LogP contribution in [0.25, 0.3) is 22.2 Å². The summed E-state index contributed by atoms with van der Waals surface area (Å²) in [5.41, 5.74) is 2.18. The summed E-state index contributed by atoms with van der Waals surface area (Å²) in [5.74, 6) is 0. The molecule has 3 aromatic heterocycles. The predicted octanol–water partition coefficient (Wildman–Crippen LogP) is 2.17. The first kappa shape index (κ1) is 9.31. The van der Waals surface area contributed by atoms with Crippen molar-refractivity contribution in [3.05, 3.63) is 36.7 Å². The van der Waals surface area contributed by atoms with E-state index in [0.717, 1.165) is 16.5 Å². The van der Waals surface area contributed by atoms with E-state index in [1.54, 1.807) is 18.5 Å². The molecule has 4 heteroatoms. The molecule has 0 saturated carbocycles. The van der Waals surface area contributed by atoms with Gasteiger partial charge in [0.25, 0.3) is 0 Å². The van der Waals surface area contributed by atoms with E-state index in [-0.39, 0.29) is 20.1 Å². The summed E-state index contributed by atoms with van der Waals surface area (Å²) < 4.78 is 5.45. The van der Waals surface area contributed by atoms with Gasteiger partial charge in [0.05, 0.1) is 0 Å². The number of rotatable bonds is 0. The van der Waals surface area contributed by atoms with Gasteiger partial charge in [-0.05, 0) is 12.1 Å². The van der Waals surface area contributed by atoms with Crippen molar-refractivity contribution in [2.45, 2.75) is 0 Å². The van der Waals surface area contributed by atoms with Crippen LogP contribution in [0.4, 0.5) is 0 Å². The predicted molar refractivity (Wildman–Crippen MR) is 48.1 cm³/mol. The Balaban J connectivity index is 0.000000750. The summed E-state index contributed by atoms with van der Waals surface area (Å²) >= 11 is 0. The maximum absolute atomic E-state index is 5.45. The number of hydrogen-bond donors (Lipinski definition) is 0. The molecule has 3 nitrogen and oxygen atoms in total. The van der Waals surface area contributed by atoms with Gasteiger partial charge in [-0.2, -0.15) is 0 Å². The number of aromatic nitrogens is 2. The molecule has 0 aliphatic rings. The van der Waals surface area contributed by atoms with Crippen LogP contribution in [0.2, 0.25) is 0 Å². The van der Waals surface area contributed by atoms with Crippen LogP contribution in [0.5, 0.6) is 0 Å². The first-order valence-corrected chi connectivity index (χ1v) is 3.95. The molecule has 71 valence electrons. The fraction of sp³-hybridized carbons (Fsp3) is 0. The Kier molecular flexibility index (Phi) is 2.31. The Labute approximate surface area is 93.5 Å². The summed E-state index contributed by atoms with van der Waals surface area (Å²) in [6.45, 7) is 0. The Morgan fingerprint density at radius 1 is 1.21 bits per heavy atom. The van der Waals surface area contributed by atoms with E-state index in [9.17, 15) is 0 Å². The quantitative estimate of drug-likeness (QED) is 0.576. The Morgan fingerprint density at radius 3 is 3.07 bits per heavy atom. The summed E-state index contributed by atoms with van der Waals surface area (Å²) in [5, 5.41) is 0.845. The SMILES string of the molecule is [Ir].[c-]1ccnc2oc3cccnc3c12. The molecule has 14 heavy (non-hydrogen) atoms. The minimum atomic E-state index is 0. The molecule has 0 N–H and O–H groups in total. The summed E-state index contributed by atoms with van der Waals surface area (Å²) in [4.78, 5) is 8.28. The summed E-state index contributed by atoms with van der Waals surface area (Å²) in [6, 6.07) is 8.52. The van der Waals surface area contributed by atoms with Gasteiger partial charge in [0.1, 0.15) is 11.3 Å². The second kappa shape index (κ2) is 3.48. The third-order valence-electron chi connectivity index (χ3n) is 1.92. The van der Waals surface area contributed by atoms with E-state index in [1.165, 1.54) is 0 Å². The van der Waals surface area contributed by atoms with E-state index in [0.29, 0.717) is 5.71 Å². The zero-order valence-corrected chi connectivity index (χ0v) is 9.42. The molecule has 0 aliphatic carbocycles. The van der Waals surface area contributed by atoms with Gasteiger partial charge in [0, 0.05) is 31.8 Å². The van der Waals surface area contributed by atoms with E-state index in [4.69, 9.17) is 4.42 Å². The maximum atomic E-state index is 5.45. The first-order valence-electron chi connectivity index (χ1n) is 3.95. The topological polar surface area (TPSA) is 38.9 Å². The molecule has 0 unspecified atom stereocenters. The zero-order chi connectivity index (χ0) is 8.67. The average molecular weight is 361 g/mol. The zero-order valence-electron chi connectivity index (χ0n) is 7.02. The third-order valence-corrected chi connectivity index (χ3v) is 1.92. The van der Waals surface area contributed by atoms with E-state index in [2.05, 4.69) is 16.0 Å². The fourth-order valence-electron chi connectivity index (χ4n) is 1.36. The van der Waals surface area contributed by atoms with Gasteiger partial charge in [-0.1, -0.05) is 11.6 Å². The molecule has 3 heterocycles. The molecule has 0 fully saturated rings. The molecule has 3 aromatic rings. The van der Waals surface area contributed by atoms with Gasteiger partial charge in [-0.3, -0.25) is 0 Å². The van der Waals surface area contributed by atoms with Crippen molar-refractivity contribution in [2.75, 3.05) is 0 Å². The molecule has 0 aliphatic heterocycles. The summed E-state index contributed by atoms with van der Waals surface area (Å²) in [6.07, 6.45) is 3.39. The first-order chi connectivity index (χ1) is 6.45. The molecule has 0 saturated heterocycles. The van der Waals surface area contributed by atoms with Gasteiger partial charge in [0.2, 0.25) is 0 Å². The van der Waals surface area contributed by atoms with Gasteiger partial charge >= 0.3 is 0 Å². The van der Waals surface area contributed by atoms with Crippen molar-refractivity contribution in [3.8, 4) is 0 Å². The van der Waals surface area contributed by atoms with Crippen molar-refractivity contribution in [3.63, 3.8) is 0 Å². The minimum absolute atomic E-state index is 0. The standard InChI is InChI=1S/C10H5N2O.Ir/c1-3-7-9-8(4-2-5-11-9)13-10(7)12-6-1;/h1-2,4-6H;/q-1;. The number of furan rings is 1. The molecular weight excluding hydrogens is 356 g/mol. The second-order valence-corrected chi connectivity index (χ2v) is 2.72. The number of fused-ring (bicyclic) bond motifs is 3. The van der Waals surface area contributed by atoms with Crippen LogP contribution in [-0.2, 0) is 20.1 Å². The van der Waals surface area contributed by atoms with Crippen LogP contribution >= 0.6 is 0 Å². The molecule has 1 radical (unpaired) electrons. The fourth-order valence-corrected chi connectivity index (χ4v) is 1.36. The van der Waals surface area contributed by atoms with Crippen LogP contribution in [0.1, 0.15) is 0 Å².